The maximum Gasteiger partial charge on any atom is 0.205 e. The van der Waals surface area contributed by atoms with Crippen LogP contribution in [-0.4, -0.2) is 28.5 Å². The van der Waals surface area contributed by atoms with E-state index in [0.717, 1.165) is 17.5 Å². The predicted molar refractivity (Wildman–Crippen MR) is 68.0 cm³/mol. The Balaban J connectivity index is 2.18. The van der Waals surface area contributed by atoms with Crippen molar-refractivity contribution >= 4 is 16.7 Å². The molecule has 1 atom stereocenters. The smallest absolute Gasteiger partial charge is 0.205 e. The maximum atomic E-state index is 5.77. The zero-order valence-corrected chi connectivity index (χ0v) is 11.0. The van der Waals surface area contributed by atoms with Gasteiger partial charge in [-0.1, -0.05) is 20.8 Å². The summed E-state index contributed by atoms with van der Waals surface area (Å²) in [5.74, 6) is 0.940. The van der Waals surface area contributed by atoms with Gasteiger partial charge in [-0.05, 0) is 12.8 Å². The van der Waals surface area contributed by atoms with Crippen LogP contribution in [-0.2, 0) is 5.41 Å². The molecule has 1 unspecified atom stereocenters. The molecule has 1 fully saturated rings. The lowest BCUT2D eigenvalue weighted by atomic mass is 9.96. The van der Waals surface area contributed by atoms with Crippen LogP contribution in [0.25, 0.3) is 0 Å². The van der Waals surface area contributed by atoms with Crippen molar-refractivity contribution in [2.45, 2.75) is 45.1 Å². The van der Waals surface area contributed by atoms with E-state index in [1.54, 1.807) is 0 Å². The van der Waals surface area contributed by atoms with Crippen LogP contribution in [0.2, 0.25) is 0 Å². The summed E-state index contributed by atoms with van der Waals surface area (Å²) >= 11 is 1.50. The second kappa shape index (κ2) is 4.30. The molecule has 90 valence electrons. The second-order valence-corrected chi connectivity index (χ2v) is 6.11. The lowest BCUT2D eigenvalue weighted by Gasteiger charge is -2.22. The number of nitrogens with zero attached hydrogens (tertiary/aromatic N) is 3. The van der Waals surface area contributed by atoms with Crippen molar-refractivity contribution in [1.29, 1.82) is 0 Å². The first kappa shape index (κ1) is 11.8. The van der Waals surface area contributed by atoms with Crippen LogP contribution in [0.1, 0.15) is 39.4 Å². The Bertz CT molecular complexity index is 355. The first-order valence-corrected chi connectivity index (χ1v) is 6.60. The summed E-state index contributed by atoms with van der Waals surface area (Å²) in [6.45, 7) is 8.21. The average Bonchev–Trinajstić information content (AvgIpc) is 2.84. The SMILES string of the molecule is CC(C)(C)c1nsc(N2CCCC2CN)n1. The van der Waals surface area contributed by atoms with Gasteiger partial charge in [-0.3, -0.25) is 0 Å². The molecule has 0 saturated carbocycles. The Hall–Kier alpha value is -0.680. The third kappa shape index (κ3) is 2.20. The summed E-state index contributed by atoms with van der Waals surface area (Å²) in [6.07, 6.45) is 2.40. The summed E-state index contributed by atoms with van der Waals surface area (Å²) in [7, 11) is 0. The fraction of sp³-hybridized carbons (Fsp3) is 0.818. The van der Waals surface area contributed by atoms with Gasteiger partial charge < -0.3 is 10.6 Å². The molecule has 0 bridgehead atoms. The third-order valence-electron chi connectivity index (χ3n) is 2.98. The van der Waals surface area contributed by atoms with Gasteiger partial charge in [-0.25, -0.2) is 4.98 Å². The highest BCUT2D eigenvalue weighted by molar-refractivity contribution is 7.09. The standard InChI is InChI=1S/C11H20N4S/c1-11(2,3)9-13-10(16-14-9)15-6-4-5-8(15)7-12/h8H,4-7,12H2,1-3H3. The van der Waals surface area contributed by atoms with Crippen LogP contribution in [0.4, 0.5) is 5.13 Å². The van der Waals surface area contributed by atoms with Crippen molar-refractivity contribution in [3.05, 3.63) is 5.82 Å². The van der Waals surface area contributed by atoms with Gasteiger partial charge in [0, 0.05) is 36.1 Å². The van der Waals surface area contributed by atoms with Crippen molar-refractivity contribution < 1.29 is 0 Å². The maximum absolute atomic E-state index is 5.77. The Morgan fingerprint density at radius 2 is 2.25 bits per heavy atom. The van der Waals surface area contributed by atoms with E-state index in [0.29, 0.717) is 12.6 Å². The Morgan fingerprint density at radius 3 is 2.81 bits per heavy atom. The summed E-state index contributed by atoms with van der Waals surface area (Å²) in [5, 5.41) is 1.04. The summed E-state index contributed by atoms with van der Waals surface area (Å²) in [5.41, 5.74) is 5.80. The highest BCUT2D eigenvalue weighted by Gasteiger charge is 2.28. The molecule has 0 radical (unpaired) electrons. The molecular weight excluding hydrogens is 220 g/mol. The van der Waals surface area contributed by atoms with Crippen molar-refractivity contribution in [2.75, 3.05) is 18.0 Å². The highest BCUT2D eigenvalue weighted by atomic mass is 32.1. The van der Waals surface area contributed by atoms with E-state index in [2.05, 4.69) is 35.0 Å². The molecule has 1 saturated heterocycles. The van der Waals surface area contributed by atoms with Crippen molar-refractivity contribution in [3.8, 4) is 0 Å². The number of hydrogen-bond acceptors (Lipinski definition) is 5. The predicted octanol–water partition coefficient (Wildman–Crippen LogP) is 1.76. The molecule has 0 aromatic carbocycles. The zero-order valence-electron chi connectivity index (χ0n) is 10.2. The Morgan fingerprint density at radius 1 is 1.50 bits per heavy atom. The van der Waals surface area contributed by atoms with Gasteiger partial charge in [0.1, 0.15) is 5.82 Å². The average molecular weight is 240 g/mol. The lowest BCUT2D eigenvalue weighted by Crippen LogP contribution is -2.35. The zero-order chi connectivity index (χ0) is 11.8. The number of nitrogens with two attached hydrogens (primary N) is 1. The monoisotopic (exact) mass is 240 g/mol. The van der Waals surface area contributed by atoms with Crippen LogP contribution < -0.4 is 10.6 Å². The molecule has 2 rings (SSSR count). The largest absolute Gasteiger partial charge is 0.343 e. The molecule has 0 spiro atoms. The fourth-order valence-corrected chi connectivity index (χ4v) is 2.92. The van der Waals surface area contributed by atoms with E-state index in [-0.39, 0.29) is 5.41 Å². The molecule has 1 aromatic heterocycles. The summed E-state index contributed by atoms with van der Waals surface area (Å²) in [4.78, 5) is 6.95. The molecule has 4 nitrogen and oxygen atoms in total. The summed E-state index contributed by atoms with van der Waals surface area (Å²) < 4.78 is 4.45. The third-order valence-corrected chi connectivity index (χ3v) is 3.73. The van der Waals surface area contributed by atoms with Crippen LogP contribution in [0.5, 0.6) is 0 Å². The van der Waals surface area contributed by atoms with Crippen molar-refractivity contribution in [3.63, 3.8) is 0 Å². The number of aromatic nitrogens is 2. The quantitative estimate of drug-likeness (QED) is 0.856. The van der Waals surface area contributed by atoms with Gasteiger partial charge in [-0.2, -0.15) is 4.37 Å². The molecule has 5 heteroatoms. The van der Waals surface area contributed by atoms with E-state index in [9.17, 15) is 0 Å². The minimum absolute atomic E-state index is 0.0344. The highest BCUT2D eigenvalue weighted by Crippen LogP contribution is 2.29. The van der Waals surface area contributed by atoms with E-state index >= 15 is 0 Å². The molecule has 0 amide bonds. The van der Waals surface area contributed by atoms with E-state index in [1.807, 2.05) is 0 Å². The van der Waals surface area contributed by atoms with E-state index < -0.39 is 0 Å². The van der Waals surface area contributed by atoms with Crippen LogP contribution in [0.15, 0.2) is 0 Å². The topological polar surface area (TPSA) is 55.0 Å². The molecular formula is C11H20N4S. The second-order valence-electron chi connectivity index (χ2n) is 5.38. The number of anilines is 1. The molecule has 0 aliphatic carbocycles. The molecule has 2 N–H and O–H groups in total. The van der Waals surface area contributed by atoms with Crippen molar-refractivity contribution in [2.24, 2.45) is 5.73 Å². The molecule has 16 heavy (non-hydrogen) atoms. The van der Waals surface area contributed by atoms with Crippen molar-refractivity contribution in [1.82, 2.24) is 9.36 Å². The van der Waals surface area contributed by atoms with E-state index in [4.69, 9.17) is 5.73 Å². The minimum atomic E-state index is 0.0344. The normalized spacial score (nSPS) is 21.8. The number of hydrogen-bond donors (Lipinski definition) is 1. The molecule has 1 aliphatic rings. The van der Waals surface area contributed by atoms with Crippen LogP contribution in [0.3, 0.4) is 0 Å². The first-order valence-electron chi connectivity index (χ1n) is 5.83. The van der Waals surface area contributed by atoms with Crippen LogP contribution >= 0.6 is 11.5 Å². The van der Waals surface area contributed by atoms with Gasteiger partial charge in [0.25, 0.3) is 0 Å². The Labute approximate surface area is 101 Å². The van der Waals surface area contributed by atoms with Gasteiger partial charge in [0.2, 0.25) is 5.13 Å². The van der Waals surface area contributed by atoms with Gasteiger partial charge in [0.15, 0.2) is 0 Å². The van der Waals surface area contributed by atoms with Gasteiger partial charge in [-0.15, -0.1) is 0 Å². The molecule has 1 aliphatic heterocycles. The minimum Gasteiger partial charge on any atom is -0.343 e. The number of rotatable bonds is 2. The van der Waals surface area contributed by atoms with E-state index in [1.165, 1.54) is 24.4 Å². The fourth-order valence-electron chi connectivity index (χ4n) is 1.97. The lowest BCUT2D eigenvalue weighted by molar-refractivity contribution is 0.553. The van der Waals surface area contributed by atoms with Gasteiger partial charge >= 0.3 is 0 Å². The first-order chi connectivity index (χ1) is 7.52. The summed E-state index contributed by atoms with van der Waals surface area (Å²) in [6, 6.07) is 0.459. The molecule has 2 heterocycles. The Kier molecular flexibility index (Phi) is 3.17. The van der Waals surface area contributed by atoms with Gasteiger partial charge in [0.05, 0.1) is 0 Å². The molecule has 1 aromatic rings. The van der Waals surface area contributed by atoms with Crippen LogP contribution in [0, 0.1) is 0 Å².